The molecule has 0 unspecified atom stereocenters. The van der Waals surface area contributed by atoms with Crippen LogP contribution >= 0.6 is 0 Å². The van der Waals surface area contributed by atoms with E-state index in [9.17, 15) is 4.79 Å². The van der Waals surface area contributed by atoms with Crippen LogP contribution in [0.3, 0.4) is 0 Å². The minimum Gasteiger partial charge on any atom is -0.326 e. The summed E-state index contributed by atoms with van der Waals surface area (Å²) in [5.41, 5.74) is 9.07. The molecule has 0 saturated carbocycles. The Kier molecular flexibility index (Phi) is 5.18. The van der Waals surface area contributed by atoms with Crippen molar-refractivity contribution in [2.24, 2.45) is 0 Å². The van der Waals surface area contributed by atoms with Crippen molar-refractivity contribution in [1.29, 1.82) is 5.26 Å². The first-order valence-electron chi connectivity index (χ1n) is 9.97. The molecule has 1 aromatic heterocycles. The second-order valence-electron chi connectivity index (χ2n) is 7.53. The molecule has 3 aromatic rings. The van der Waals surface area contributed by atoms with Crippen LogP contribution in [-0.2, 0) is 24.2 Å². The molecule has 146 valence electrons. The Labute approximate surface area is 171 Å². The topological polar surface area (TPSA) is 70.7 Å². The van der Waals surface area contributed by atoms with Gasteiger partial charge in [-0.25, -0.2) is 0 Å². The number of carbonyl (C=O) groups is 1. The van der Waals surface area contributed by atoms with Crippen molar-refractivity contribution in [3.05, 3.63) is 70.5 Å². The Hall–Kier alpha value is -3.39. The highest BCUT2D eigenvalue weighted by Crippen LogP contribution is 2.37. The Morgan fingerprint density at radius 1 is 1.17 bits per heavy atom. The van der Waals surface area contributed by atoms with E-state index in [0.717, 1.165) is 29.1 Å². The zero-order valence-corrected chi connectivity index (χ0v) is 16.8. The van der Waals surface area contributed by atoms with E-state index in [4.69, 9.17) is 5.26 Å². The first kappa shape index (κ1) is 18.9. The number of carbonyl (C=O) groups excluding carboxylic acids is 1. The molecule has 0 radical (unpaired) electrons. The average Bonchev–Trinajstić information content (AvgIpc) is 3.21. The number of nitrogens with zero attached hydrogens (tertiary/aromatic N) is 3. The van der Waals surface area contributed by atoms with Crippen LogP contribution in [0.15, 0.2) is 42.5 Å². The zero-order chi connectivity index (χ0) is 20.4. The summed E-state index contributed by atoms with van der Waals surface area (Å²) < 4.78 is 1.87. The van der Waals surface area contributed by atoms with Gasteiger partial charge in [0, 0.05) is 17.8 Å². The molecule has 0 atom stereocenters. The van der Waals surface area contributed by atoms with Crippen molar-refractivity contribution < 1.29 is 4.79 Å². The van der Waals surface area contributed by atoms with Gasteiger partial charge in [0.25, 0.3) is 0 Å². The van der Waals surface area contributed by atoms with Gasteiger partial charge in [0.1, 0.15) is 0 Å². The molecule has 1 heterocycles. The van der Waals surface area contributed by atoms with Gasteiger partial charge < -0.3 is 5.32 Å². The Balaban J connectivity index is 1.40. The largest absolute Gasteiger partial charge is 0.326 e. The van der Waals surface area contributed by atoms with Crippen LogP contribution in [0.4, 0.5) is 5.69 Å². The maximum Gasteiger partial charge on any atom is 0.224 e. The Morgan fingerprint density at radius 2 is 1.97 bits per heavy atom. The van der Waals surface area contributed by atoms with Crippen LogP contribution in [0.25, 0.3) is 11.1 Å². The van der Waals surface area contributed by atoms with Gasteiger partial charge in [-0.05, 0) is 66.6 Å². The normalized spacial score (nSPS) is 11.6. The van der Waals surface area contributed by atoms with E-state index in [2.05, 4.69) is 52.9 Å². The first-order chi connectivity index (χ1) is 14.1. The number of nitrogens with one attached hydrogen (secondary N) is 1. The van der Waals surface area contributed by atoms with E-state index in [1.807, 2.05) is 24.6 Å². The average molecular weight is 384 g/mol. The zero-order valence-electron chi connectivity index (χ0n) is 16.8. The minimum absolute atomic E-state index is 0.00374. The van der Waals surface area contributed by atoms with Crippen molar-refractivity contribution in [3.63, 3.8) is 0 Å². The van der Waals surface area contributed by atoms with Crippen molar-refractivity contribution in [1.82, 2.24) is 9.78 Å². The third-order valence-corrected chi connectivity index (χ3v) is 5.65. The number of benzene rings is 2. The maximum absolute atomic E-state index is 12.5. The second-order valence-corrected chi connectivity index (χ2v) is 7.53. The number of fused-ring (bicyclic) bond motifs is 3. The summed E-state index contributed by atoms with van der Waals surface area (Å²) in [4.78, 5) is 12.5. The molecule has 1 amide bonds. The molecule has 0 saturated heterocycles. The molecule has 5 nitrogen and oxygen atoms in total. The maximum atomic E-state index is 12.5. The third-order valence-electron chi connectivity index (χ3n) is 5.65. The molecule has 5 heteroatoms. The fourth-order valence-electron chi connectivity index (χ4n) is 4.15. The van der Waals surface area contributed by atoms with E-state index in [-0.39, 0.29) is 5.91 Å². The molecule has 0 bridgehead atoms. The summed E-state index contributed by atoms with van der Waals surface area (Å²) in [6.07, 6.45) is 2.40. The summed E-state index contributed by atoms with van der Waals surface area (Å²) in [7, 11) is 0. The van der Waals surface area contributed by atoms with Gasteiger partial charge in [-0.1, -0.05) is 30.3 Å². The van der Waals surface area contributed by atoms with Gasteiger partial charge in [0.05, 0.1) is 24.7 Å². The Bertz CT molecular complexity index is 1120. The van der Waals surface area contributed by atoms with E-state index >= 15 is 0 Å². The fourth-order valence-corrected chi connectivity index (χ4v) is 4.15. The molecule has 1 aliphatic carbocycles. The van der Waals surface area contributed by atoms with Crippen LogP contribution in [-0.4, -0.2) is 15.7 Å². The SMILES string of the molecule is Cc1nn(CCC#N)c(C)c1CCC(=O)Nc1ccc2c(c1)Cc1ccccc1-2. The fraction of sp³-hybridized carbons (Fsp3) is 0.292. The summed E-state index contributed by atoms with van der Waals surface area (Å²) in [5.74, 6) is 0.00374. The summed E-state index contributed by atoms with van der Waals surface area (Å²) in [6.45, 7) is 4.55. The van der Waals surface area contributed by atoms with Crippen LogP contribution in [0.2, 0.25) is 0 Å². The number of aromatic nitrogens is 2. The monoisotopic (exact) mass is 384 g/mol. The number of amides is 1. The van der Waals surface area contributed by atoms with E-state index < -0.39 is 0 Å². The molecule has 1 aliphatic rings. The van der Waals surface area contributed by atoms with Gasteiger partial charge in [0.15, 0.2) is 0 Å². The van der Waals surface area contributed by atoms with E-state index in [0.29, 0.717) is 25.8 Å². The standard InChI is InChI=1S/C24H24N4O/c1-16-21(17(2)28(27-16)13-5-12-25)10-11-24(29)26-20-8-9-23-19(15-20)14-18-6-3-4-7-22(18)23/h3-4,6-9,15H,5,10-11,13-14H2,1-2H3,(H,26,29). The highest BCUT2D eigenvalue weighted by Gasteiger charge is 2.18. The molecule has 1 N–H and O–H groups in total. The number of hydrogen-bond acceptors (Lipinski definition) is 3. The highest BCUT2D eigenvalue weighted by atomic mass is 16.1. The number of hydrogen-bond donors (Lipinski definition) is 1. The van der Waals surface area contributed by atoms with Gasteiger partial charge in [-0.15, -0.1) is 0 Å². The molecule has 29 heavy (non-hydrogen) atoms. The molecule has 0 spiro atoms. The number of rotatable bonds is 6. The smallest absolute Gasteiger partial charge is 0.224 e. The first-order valence-corrected chi connectivity index (χ1v) is 9.97. The molecular formula is C24H24N4O. The Morgan fingerprint density at radius 3 is 2.79 bits per heavy atom. The third kappa shape index (κ3) is 3.79. The van der Waals surface area contributed by atoms with Crippen molar-refractivity contribution in [3.8, 4) is 17.2 Å². The lowest BCUT2D eigenvalue weighted by molar-refractivity contribution is -0.116. The van der Waals surface area contributed by atoms with Gasteiger partial charge in [-0.2, -0.15) is 10.4 Å². The van der Waals surface area contributed by atoms with Crippen molar-refractivity contribution in [2.45, 2.75) is 46.1 Å². The lowest BCUT2D eigenvalue weighted by Gasteiger charge is -2.08. The van der Waals surface area contributed by atoms with Crippen molar-refractivity contribution >= 4 is 11.6 Å². The van der Waals surface area contributed by atoms with Gasteiger partial charge >= 0.3 is 0 Å². The molecule has 4 rings (SSSR count). The number of anilines is 1. The van der Waals surface area contributed by atoms with E-state index in [1.54, 1.807) is 0 Å². The number of nitriles is 1. The van der Waals surface area contributed by atoms with Gasteiger partial charge in [-0.3, -0.25) is 9.48 Å². The summed E-state index contributed by atoms with van der Waals surface area (Å²) in [6, 6.07) is 16.8. The van der Waals surface area contributed by atoms with Crippen LogP contribution < -0.4 is 5.32 Å². The summed E-state index contributed by atoms with van der Waals surface area (Å²) in [5, 5.41) is 16.3. The molecule has 2 aromatic carbocycles. The van der Waals surface area contributed by atoms with Crippen LogP contribution in [0.1, 0.15) is 40.9 Å². The molecule has 0 aliphatic heterocycles. The second kappa shape index (κ2) is 7.92. The number of aryl methyl sites for hydroxylation is 2. The lowest BCUT2D eigenvalue weighted by Crippen LogP contribution is -2.13. The predicted molar refractivity (Wildman–Crippen MR) is 114 cm³/mol. The lowest BCUT2D eigenvalue weighted by atomic mass is 10.1. The minimum atomic E-state index is 0.00374. The van der Waals surface area contributed by atoms with E-state index in [1.165, 1.54) is 22.3 Å². The predicted octanol–water partition coefficient (Wildman–Crippen LogP) is 4.56. The van der Waals surface area contributed by atoms with Crippen molar-refractivity contribution in [2.75, 3.05) is 5.32 Å². The highest BCUT2D eigenvalue weighted by molar-refractivity contribution is 5.92. The summed E-state index contributed by atoms with van der Waals surface area (Å²) >= 11 is 0. The van der Waals surface area contributed by atoms with Crippen LogP contribution in [0.5, 0.6) is 0 Å². The molecular weight excluding hydrogens is 360 g/mol. The van der Waals surface area contributed by atoms with Crippen LogP contribution in [0, 0.1) is 25.2 Å². The van der Waals surface area contributed by atoms with Gasteiger partial charge in [0.2, 0.25) is 5.91 Å². The molecule has 0 fully saturated rings. The quantitative estimate of drug-likeness (QED) is 0.530.